The van der Waals surface area contributed by atoms with E-state index in [-0.39, 0.29) is 18.2 Å². The lowest BCUT2D eigenvalue weighted by Crippen LogP contribution is -2.22. The van der Waals surface area contributed by atoms with Crippen LogP contribution in [-0.4, -0.2) is 28.2 Å². The van der Waals surface area contributed by atoms with Crippen molar-refractivity contribution in [3.05, 3.63) is 84.7 Å². The Bertz CT molecular complexity index is 1220. The summed E-state index contributed by atoms with van der Waals surface area (Å²) in [6, 6.07) is 22.7. The Kier molecular flexibility index (Phi) is 5.93. The van der Waals surface area contributed by atoms with Gasteiger partial charge in [-0.15, -0.1) is 0 Å². The number of aryl methyl sites for hydroxylation is 1. The highest BCUT2D eigenvalue weighted by atomic mass is 16.5. The van der Waals surface area contributed by atoms with Crippen molar-refractivity contribution in [3.63, 3.8) is 0 Å². The summed E-state index contributed by atoms with van der Waals surface area (Å²) >= 11 is 0. The number of nitrogens with one attached hydrogen (secondary N) is 2. The lowest BCUT2D eigenvalue weighted by Gasteiger charge is -2.09. The van der Waals surface area contributed by atoms with Crippen molar-refractivity contribution in [2.75, 3.05) is 17.2 Å². The van der Waals surface area contributed by atoms with Gasteiger partial charge in [-0.2, -0.15) is 5.10 Å². The van der Waals surface area contributed by atoms with Crippen molar-refractivity contribution in [1.82, 2.24) is 9.78 Å². The lowest BCUT2D eigenvalue weighted by atomic mass is 10.1. The maximum absolute atomic E-state index is 12.7. The van der Waals surface area contributed by atoms with Gasteiger partial charge in [-0.1, -0.05) is 48.5 Å². The smallest absolute Gasteiger partial charge is 0.278 e. The molecular weight excluding hydrogens is 392 g/mol. The molecule has 4 aromatic rings. The number of amides is 2. The summed E-state index contributed by atoms with van der Waals surface area (Å²) in [6.45, 7) is 2.28. The zero-order chi connectivity index (χ0) is 21.6. The summed E-state index contributed by atoms with van der Waals surface area (Å²) in [7, 11) is 0. The van der Waals surface area contributed by atoms with Crippen LogP contribution in [0.25, 0.3) is 10.8 Å². The number of hydrogen-bond acceptors (Lipinski definition) is 4. The molecule has 0 unspecified atom stereocenters. The van der Waals surface area contributed by atoms with E-state index in [4.69, 9.17) is 4.74 Å². The van der Waals surface area contributed by atoms with E-state index in [0.717, 1.165) is 10.8 Å². The number of benzene rings is 3. The van der Waals surface area contributed by atoms with Crippen LogP contribution >= 0.6 is 0 Å². The molecule has 0 bridgehead atoms. The second-order valence-corrected chi connectivity index (χ2v) is 6.91. The van der Waals surface area contributed by atoms with Crippen LogP contribution in [0.1, 0.15) is 17.4 Å². The molecule has 2 amide bonds. The molecule has 1 aromatic heterocycles. The second-order valence-electron chi connectivity index (χ2n) is 6.91. The molecule has 7 nitrogen and oxygen atoms in total. The van der Waals surface area contributed by atoms with Crippen molar-refractivity contribution in [2.45, 2.75) is 13.5 Å². The van der Waals surface area contributed by atoms with E-state index in [1.807, 2.05) is 67.6 Å². The van der Waals surface area contributed by atoms with E-state index >= 15 is 0 Å². The molecule has 156 valence electrons. The number of nitrogens with zero attached hydrogens (tertiary/aromatic N) is 2. The van der Waals surface area contributed by atoms with E-state index in [0.29, 0.717) is 23.7 Å². The zero-order valence-electron chi connectivity index (χ0n) is 17.0. The molecule has 0 atom stereocenters. The average Bonchev–Trinajstić information content (AvgIpc) is 3.21. The van der Waals surface area contributed by atoms with Crippen molar-refractivity contribution < 1.29 is 14.3 Å². The minimum atomic E-state index is -0.399. The molecule has 0 saturated carbocycles. The fourth-order valence-electron chi connectivity index (χ4n) is 3.15. The number of ether oxygens (including phenoxy) is 1. The largest absolute Gasteiger partial charge is 0.484 e. The van der Waals surface area contributed by atoms with Gasteiger partial charge in [0.1, 0.15) is 5.75 Å². The van der Waals surface area contributed by atoms with Gasteiger partial charge in [-0.05, 0) is 42.0 Å². The molecule has 2 N–H and O–H groups in total. The summed E-state index contributed by atoms with van der Waals surface area (Å²) in [6.07, 6.45) is 1.63. The van der Waals surface area contributed by atoms with E-state index in [1.54, 1.807) is 23.0 Å². The van der Waals surface area contributed by atoms with Gasteiger partial charge >= 0.3 is 0 Å². The van der Waals surface area contributed by atoms with Crippen LogP contribution in [0.5, 0.6) is 5.75 Å². The highest BCUT2D eigenvalue weighted by Gasteiger charge is 2.19. The minimum absolute atomic E-state index is 0.143. The molecular formula is C24H22N4O3. The second kappa shape index (κ2) is 9.13. The van der Waals surface area contributed by atoms with Crippen molar-refractivity contribution in [1.29, 1.82) is 0 Å². The first kappa shape index (κ1) is 20.2. The standard InChI is InChI=1S/C24H22N4O3/c1-2-28-15-21(23(27-28)24(30)25-19-10-4-3-5-11-19)26-22(29)16-31-20-13-12-17-8-6-7-9-18(17)14-20/h3-15H,2,16H2,1H3,(H,25,30)(H,26,29). The number of aromatic nitrogens is 2. The molecule has 31 heavy (non-hydrogen) atoms. The SMILES string of the molecule is CCn1cc(NC(=O)COc2ccc3ccccc3c2)c(C(=O)Nc2ccccc2)n1. The molecule has 0 radical (unpaired) electrons. The van der Waals surface area contributed by atoms with Crippen molar-refractivity contribution >= 4 is 34.0 Å². The molecule has 0 aliphatic heterocycles. The minimum Gasteiger partial charge on any atom is -0.484 e. The van der Waals surface area contributed by atoms with Crippen molar-refractivity contribution in [3.8, 4) is 5.75 Å². The topological polar surface area (TPSA) is 85.2 Å². The number of anilines is 2. The van der Waals surface area contributed by atoms with Crippen LogP contribution in [0.3, 0.4) is 0 Å². The molecule has 1 heterocycles. The van der Waals surface area contributed by atoms with Crippen LogP contribution in [0.4, 0.5) is 11.4 Å². The first-order chi connectivity index (χ1) is 15.1. The van der Waals surface area contributed by atoms with E-state index in [2.05, 4.69) is 15.7 Å². The number of carbonyl (C=O) groups excluding carboxylic acids is 2. The molecule has 3 aromatic carbocycles. The van der Waals surface area contributed by atoms with Crippen LogP contribution < -0.4 is 15.4 Å². The normalized spacial score (nSPS) is 10.6. The highest BCUT2D eigenvalue weighted by molar-refractivity contribution is 6.08. The summed E-state index contributed by atoms with van der Waals surface area (Å²) < 4.78 is 7.23. The Morgan fingerprint density at radius 1 is 0.935 bits per heavy atom. The molecule has 0 aliphatic rings. The van der Waals surface area contributed by atoms with Gasteiger partial charge in [0, 0.05) is 18.4 Å². The van der Waals surface area contributed by atoms with Crippen LogP contribution in [0.2, 0.25) is 0 Å². The average molecular weight is 414 g/mol. The van der Waals surface area contributed by atoms with Gasteiger partial charge in [0.2, 0.25) is 0 Å². The third-order valence-electron chi connectivity index (χ3n) is 4.70. The molecule has 0 spiro atoms. The summed E-state index contributed by atoms with van der Waals surface area (Å²) in [5.74, 6) is -0.179. The Labute approximate surface area is 179 Å². The van der Waals surface area contributed by atoms with Gasteiger partial charge in [-0.25, -0.2) is 0 Å². The van der Waals surface area contributed by atoms with Gasteiger partial charge in [0.05, 0.1) is 5.69 Å². The quantitative estimate of drug-likeness (QED) is 0.471. The van der Waals surface area contributed by atoms with E-state index in [9.17, 15) is 9.59 Å². The molecule has 4 rings (SSSR count). The monoisotopic (exact) mass is 414 g/mol. The number of carbonyl (C=O) groups is 2. The first-order valence-corrected chi connectivity index (χ1v) is 9.97. The number of hydrogen-bond donors (Lipinski definition) is 2. The third-order valence-corrected chi connectivity index (χ3v) is 4.70. The Morgan fingerprint density at radius 2 is 1.68 bits per heavy atom. The Hall–Kier alpha value is -4.13. The van der Waals surface area contributed by atoms with Crippen LogP contribution in [-0.2, 0) is 11.3 Å². The van der Waals surface area contributed by atoms with Crippen LogP contribution in [0.15, 0.2) is 79.0 Å². The van der Waals surface area contributed by atoms with Gasteiger partial charge < -0.3 is 15.4 Å². The number of fused-ring (bicyclic) bond motifs is 1. The molecule has 0 aliphatic carbocycles. The molecule has 0 saturated heterocycles. The zero-order valence-corrected chi connectivity index (χ0v) is 17.0. The Balaban J connectivity index is 1.43. The van der Waals surface area contributed by atoms with Crippen LogP contribution in [0, 0.1) is 0 Å². The highest BCUT2D eigenvalue weighted by Crippen LogP contribution is 2.21. The van der Waals surface area contributed by atoms with Gasteiger partial charge in [0.25, 0.3) is 11.8 Å². The lowest BCUT2D eigenvalue weighted by molar-refractivity contribution is -0.118. The Morgan fingerprint density at radius 3 is 2.45 bits per heavy atom. The fourth-order valence-corrected chi connectivity index (χ4v) is 3.15. The number of rotatable bonds is 7. The maximum Gasteiger partial charge on any atom is 0.278 e. The predicted molar refractivity (Wildman–Crippen MR) is 120 cm³/mol. The maximum atomic E-state index is 12.7. The summed E-state index contributed by atoms with van der Waals surface area (Å²) in [5.41, 5.74) is 1.13. The van der Waals surface area contributed by atoms with Crippen molar-refractivity contribution in [2.24, 2.45) is 0 Å². The van der Waals surface area contributed by atoms with E-state index in [1.165, 1.54) is 0 Å². The summed E-state index contributed by atoms with van der Waals surface area (Å²) in [5, 5.41) is 11.9. The molecule has 7 heteroatoms. The summed E-state index contributed by atoms with van der Waals surface area (Å²) in [4.78, 5) is 25.2. The first-order valence-electron chi connectivity index (χ1n) is 9.97. The van der Waals surface area contributed by atoms with Gasteiger partial charge in [0.15, 0.2) is 12.3 Å². The van der Waals surface area contributed by atoms with E-state index < -0.39 is 5.91 Å². The third kappa shape index (κ3) is 4.90. The predicted octanol–water partition coefficient (Wildman–Crippen LogP) is 4.33. The fraction of sp³-hybridized carbons (Fsp3) is 0.125. The molecule has 0 fully saturated rings. The van der Waals surface area contributed by atoms with Gasteiger partial charge in [-0.3, -0.25) is 14.3 Å². The number of para-hydroxylation sites is 1.